The molecule has 0 spiro atoms. The average Bonchev–Trinajstić information content (AvgIpc) is 2.82. The number of aryl methyl sites for hydroxylation is 2. The Morgan fingerprint density at radius 2 is 1.71 bits per heavy atom. The van der Waals surface area contributed by atoms with Gasteiger partial charge in [-0.05, 0) is 72.9 Å². The molecule has 1 aliphatic rings. The molecule has 0 aliphatic carbocycles. The van der Waals surface area contributed by atoms with Crippen LogP contribution in [0.25, 0.3) is 0 Å². The van der Waals surface area contributed by atoms with E-state index in [9.17, 15) is 13.2 Å². The predicted molar refractivity (Wildman–Crippen MR) is 118 cm³/mol. The molecule has 0 atom stereocenters. The second-order valence-corrected chi connectivity index (χ2v) is 9.51. The number of carbonyl (C=O) groups is 1. The third-order valence-electron chi connectivity index (χ3n) is 5.55. The Hall–Kier alpha value is -3.43. The van der Waals surface area contributed by atoms with E-state index in [1.807, 2.05) is 12.1 Å². The number of amides is 1. The summed E-state index contributed by atoms with van der Waals surface area (Å²) in [5, 5.41) is 8.90. The second kappa shape index (κ2) is 8.75. The van der Waals surface area contributed by atoms with Gasteiger partial charge >= 0.3 is 0 Å². The predicted octanol–water partition coefficient (Wildman–Crippen LogP) is 4.30. The van der Waals surface area contributed by atoms with Crippen molar-refractivity contribution in [3.63, 3.8) is 0 Å². The summed E-state index contributed by atoms with van der Waals surface area (Å²) in [6.45, 7) is 0.629. The zero-order valence-corrected chi connectivity index (χ0v) is 17.8. The van der Waals surface area contributed by atoms with Crippen LogP contribution in [0.5, 0.6) is 0 Å². The molecular weight excluding hydrogens is 408 g/mol. The molecule has 1 amide bonds. The fourth-order valence-electron chi connectivity index (χ4n) is 3.87. The molecule has 0 fully saturated rings. The molecule has 0 bridgehead atoms. The van der Waals surface area contributed by atoms with Gasteiger partial charge in [0.1, 0.15) is 0 Å². The average molecular weight is 431 g/mol. The van der Waals surface area contributed by atoms with Crippen LogP contribution in [-0.4, -0.2) is 20.9 Å². The second-order valence-electron chi connectivity index (χ2n) is 7.56. The lowest BCUT2D eigenvalue weighted by atomic mass is 10.0. The van der Waals surface area contributed by atoms with Crippen molar-refractivity contribution in [2.75, 3.05) is 11.4 Å². The van der Waals surface area contributed by atoms with Crippen LogP contribution in [0.2, 0.25) is 0 Å². The molecule has 1 aliphatic heterocycles. The highest BCUT2D eigenvalue weighted by atomic mass is 32.2. The first-order valence-electron chi connectivity index (χ1n) is 10.2. The summed E-state index contributed by atoms with van der Waals surface area (Å²) < 4.78 is 25.9. The number of carbonyl (C=O) groups excluding carboxylic acids is 1. The first-order valence-corrected chi connectivity index (χ1v) is 11.7. The molecule has 0 radical (unpaired) electrons. The van der Waals surface area contributed by atoms with E-state index in [0.717, 1.165) is 29.7 Å². The number of nitriles is 1. The minimum Gasteiger partial charge on any atom is -0.312 e. The third kappa shape index (κ3) is 4.37. The van der Waals surface area contributed by atoms with Gasteiger partial charge in [0, 0.05) is 18.7 Å². The Morgan fingerprint density at radius 3 is 2.42 bits per heavy atom. The molecule has 6 heteroatoms. The SMILES string of the molecule is N#Cc1ccc(CCC(=O)N2CCCc3cc(S(=O)(=O)c4ccccc4)ccc32)cc1. The zero-order chi connectivity index (χ0) is 21.8. The van der Waals surface area contributed by atoms with Crippen LogP contribution in [0, 0.1) is 11.3 Å². The Kier molecular flexibility index (Phi) is 5.88. The van der Waals surface area contributed by atoms with Crippen molar-refractivity contribution in [3.05, 3.63) is 89.5 Å². The summed E-state index contributed by atoms with van der Waals surface area (Å²) in [4.78, 5) is 15.2. The van der Waals surface area contributed by atoms with E-state index in [1.165, 1.54) is 0 Å². The standard InChI is InChI=1S/C25H22N2O3S/c26-18-20-10-8-19(9-11-20)12-15-25(28)27-16-4-5-21-17-23(13-14-24(21)27)31(29,30)22-6-2-1-3-7-22/h1-3,6-11,13-14,17H,4-5,12,15-16H2. The van der Waals surface area contributed by atoms with E-state index in [-0.39, 0.29) is 15.7 Å². The van der Waals surface area contributed by atoms with Crippen LogP contribution >= 0.6 is 0 Å². The highest BCUT2D eigenvalue weighted by molar-refractivity contribution is 7.91. The molecule has 1 heterocycles. The normalized spacial score (nSPS) is 13.3. The van der Waals surface area contributed by atoms with Gasteiger partial charge in [0.25, 0.3) is 0 Å². The lowest BCUT2D eigenvalue weighted by Crippen LogP contribution is -2.35. The fourth-order valence-corrected chi connectivity index (χ4v) is 5.20. The first-order chi connectivity index (χ1) is 15.0. The van der Waals surface area contributed by atoms with Gasteiger partial charge in [-0.2, -0.15) is 5.26 Å². The van der Waals surface area contributed by atoms with E-state index in [0.29, 0.717) is 24.9 Å². The molecule has 4 rings (SSSR count). The smallest absolute Gasteiger partial charge is 0.227 e. The molecule has 3 aromatic carbocycles. The monoisotopic (exact) mass is 430 g/mol. The van der Waals surface area contributed by atoms with Crippen LogP contribution in [0.3, 0.4) is 0 Å². The number of hydrogen-bond acceptors (Lipinski definition) is 4. The molecule has 156 valence electrons. The van der Waals surface area contributed by atoms with Crippen molar-refractivity contribution in [2.24, 2.45) is 0 Å². The Bertz CT molecular complexity index is 1240. The van der Waals surface area contributed by atoms with Gasteiger partial charge in [0.05, 0.1) is 21.4 Å². The molecule has 5 nitrogen and oxygen atoms in total. The lowest BCUT2D eigenvalue weighted by Gasteiger charge is -2.30. The van der Waals surface area contributed by atoms with Gasteiger partial charge in [-0.3, -0.25) is 4.79 Å². The highest BCUT2D eigenvalue weighted by Gasteiger charge is 2.25. The number of hydrogen-bond donors (Lipinski definition) is 0. The van der Waals surface area contributed by atoms with Gasteiger partial charge in [0.15, 0.2) is 0 Å². The number of anilines is 1. The summed E-state index contributed by atoms with van der Waals surface area (Å²) >= 11 is 0. The third-order valence-corrected chi connectivity index (χ3v) is 7.31. The van der Waals surface area contributed by atoms with Crippen molar-refractivity contribution in [3.8, 4) is 6.07 Å². The van der Waals surface area contributed by atoms with E-state index < -0.39 is 9.84 Å². The van der Waals surface area contributed by atoms with E-state index in [4.69, 9.17) is 5.26 Å². The molecule has 0 N–H and O–H groups in total. The molecular formula is C25H22N2O3S. The maximum Gasteiger partial charge on any atom is 0.227 e. The summed E-state index contributed by atoms with van der Waals surface area (Å²) in [6.07, 6.45) is 2.49. The summed E-state index contributed by atoms with van der Waals surface area (Å²) in [6, 6.07) is 22.8. The quantitative estimate of drug-likeness (QED) is 0.604. The van der Waals surface area contributed by atoms with Gasteiger partial charge < -0.3 is 4.90 Å². The number of benzene rings is 3. The van der Waals surface area contributed by atoms with E-state index in [1.54, 1.807) is 65.6 Å². The molecule has 31 heavy (non-hydrogen) atoms. The van der Waals surface area contributed by atoms with Crippen molar-refractivity contribution >= 4 is 21.4 Å². The van der Waals surface area contributed by atoms with Gasteiger partial charge in [0.2, 0.25) is 15.7 Å². The maximum atomic E-state index is 12.9. The molecule has 0 saturated heterocycles. The molecule has 3 aromatic rings. The number of rotatable bonds is 5. The molecule has 0 unspecified atom stereocenters. The zero-order valence-electron chi connectivity index (χ0n) is 17.0. The van der Waals surface area contributed by atoms with E-state index in [2.05, 4.69) is 6.07 Å². The molecule has 0 saturated carbocycles. The highest BCUT2D eigenvalue weighted by Crippen LogP contribution is 2.32. The Labute approximate surface area is 182 Å². The number of sulfone groups is 1. The van der Waals surface area contributed by atoms with Crippen molar-refractivity contribution in [1.29, 1.82) is 5.26 Å². The number of fused-ring (bicyclic) bond motifs is 1. The minimum atomic E-state index is -3.59. The first kappa shape index (κ1) is 20.8. The number of nitrogens with zero attached hydrogens (tertiary/aromatic N) is 2. The largest absolute Gasteiger partial charge is 0.312 e. The Morgan fingerprint density at radius 1 is 0.968 bits per heavy atom. The fraction of sp³-hybridized carbons (Fsp3) is 0.200. The van der Waals surface area contributed by atoms with Crippen molar-refractivity contribution < 1.29 is 13.2 Å². The van der Waals surface area contributed by atoms with Crippen molar-refractivity contribution in [2.45, 2.75) is 35.5 Å². The van der Waals surface area contributed by atoms with E-state index >= 15 is 0 Å². The van der Waals surface area contributed by atoms with Crippen LogP contribution in [0.15, 0.2) is 82.6 Å². The minimum absolute atomic E-state index is 0.0176. The van der Waals surface area contributed by atoms with Crippen LogP contribution < -0.4 is 4.90 Å². The summed E-state index contributed by atoms with van der Waals surface area (Å²) in [7, 11) is -3.59. The van der Waals surface area contributed by atoms with Crippen LogP contribution in [-0.2, 0) is 27.5 Å². The summed E-state index contributed by atoms with van der Waals surface area (Å²) in [5.41, 5.74) is 3.29. The van der Waals surface area contributed by atoms with Gasteiger partial charge in [-0.25, -0.2) is 8.42 Å². The Balaban J connectivity index is 1.53. The van der Waals surface area contributed by atoms with Gasteiger partial charge in [-0.15, -0.1) is 0 Å². The van der Waals surface area contributed by atoms with Crippen LogP contribution in [0.4, 0.5) is 5.69 Å². The lowest BCUT2D eigenvalue weighted by molar-refractivity contribution is -0.118. The summed E-state index contributed by atoms with van der Waals surface area (Å²) in [5.74, 6) is 0.0176. The molecule has 0 aromatic heterocycles. The maximum absolute atomic E-state index is 12.9. The van der Waals surface area contributed by atoms with Crippen molar-refractivity contribution in [1.82, 2.24) is 0 Å². The van der Waals surface area contributed by atoms with Crippen LogP contribution in [0.1, 0.15) is 29.5 Å². The topological polar surface area (TPSA) is 78.2 Å². The van der Waals surface area contributed by atoms with Gasteiger partial charge in [-0.1, -0.05) is 30.3 Å².